The molecule has 0 bridgehead atoms. The Hall–Kier alpha value is -6.61. The van der Waals surface area contributed by atoms with Gasteiger partial charge in [-0.25, -0.2) is 4.79 Å². The van der Waals surface area contributed by atoms with Crippen LogP contribution in [0, 0.1) is 5.92 Å². The fraction of sp³-hybridized carbons (Fsp3) is 0.463. The zero-order valence-electron chi connectivity index (χ0n) is 35.2. The third-order valence-corrected chi connectivity index (χ3v) is 9.52. The number of hydrogen-bond donors (Lipinski definition) is 11. The highest BCUT2D eigenvalue weighted by atomic mass is 35.5. The van der Waals surface area contributed by atoms with Crippen LogP contribution in [0.25, 0.3) is 0 Å². The normalized spacial score (nSPS) is 14.7. The Bertz CT molecular complexity index is 1980. The van der Waals surface area contributed by atoms with Crippen molar-refractivity contribution in [2.75, 3.05) is 0 Å². The number of benzene rings is 2. The first kappa shape index (κ1) is 52.5. The second-order valence-corrected chi connectivity index (χ2v) is 15.5. The minimum Gasteiger partial charge on any atom is -0.481 e. The van der Waals surface area contributed by atoms with Gasteiger partial charge >= 0.3 is 17.9 Å². The lowest BCUT2D eigenvalue weighted by atomic mass is 10.0. The molecule has 0 aliphatic rings. The van der Waals surface area contributed by atoms with Crippen LogP contribution >= 0.6 is 11.6 Å². The van der Waals surface area contributed by atoms with Crippen LogP contribution in [0.15, 0.2) is 54.6 Å². The summed E-state index contributed by atoms with van der Waals surface area (Å²) >= 11 is 6.12. The fourth-order valence-electron chi connectivity index (χ4n) is 6.00. The monoisotopic (exact) mass is 903 g/mol. The van der Waals surface area contributed by atoms with E-state index in [0.717, 1.165) is 6.92 Å². The second kappa shape index (κ2) is 25.4. The van der Waals surface area contributed by atoms with Crippen LogP contribution in [0.5, 0.6) is 0 Å². The van der Waals surface area contributed by atoms with Crippen molar-refractivity contribution in [3.05, 3.63) is 70.7 Å². The topological polar surface area (TPSA) is 336 Å². The Balaban J connectivity index is 2.22. The minimum atomic E-state index is -1.88. The summed E-state index contributed by atoms with van der Waals surface area (Å²) in [5, 5.41) is 55.5. The molecule has 8 atom stereocenters. The zero-order chi connectivity index (χ0) is 47.6. The average molecular weight is 904 g/mol. The van der Waals surface area contributed by atoms with Crippen LogP contribution in [0.2, 0.25) is 5.02 Å². The van der Waals surface area contributed by atoms with Gasteiger partial charge in [0, 0.05) is 24.8 Å². The van der Waals surface area contributed by atoms with Gasteiger partial charge in [0.15, 0.2) is 0 Å². The molecule has 2 aromatic carbocycles. The van der Waals surface area contributed by atoms with Crippen molar-refractivity contribution < 1.29 is 68.4 Å². The maximum absolute atomic E-state index is 13.6. The molecule has 0 aliphatic heterocycles. The molecule has 2 aromatic rings. The molecule has 0 aliphatic carbocycles. The Morgan fingerprint density at radius 1 is 0.540 bits per heavy atom. The number of hydrogen-bond acceptors (Lipinski definition) is 11. The molecule has 0 saturated carbocycles. The van der Waals surface area contributed by atoms with Crippen molar-refractivity contribution in [1.29, 1.82) is 0 Å². The van der Waals surface area contributed by atoms with Crippen LogP contribution < -0.4 is 37.2 Å². The summed E-state index contributed by atoms with van der Waals surface area (Å²) in [6.07, 6.45) is -3.93. The summed E-state index contributed by atoms with van der Waals surface area (Å²) in [5.74, 6) is -12.0. The number of nitrogens with one attached hydrogen (secondary N) is 7. The smallest absolute Gasteiger partial charge is 0.326 e. The first-order chi connectivity index (χ1) is 29.5. The van der Waals surface area contributed by atoms with Crippen molar-refractivity contribution >= 4 is 70.9 Å². The summed E-state index contributed by atoms with van der Waals surface area (Å²) in [6.45, 7) is 6.85. The van der Waals surface area contributed by atoms with E-state index in [0.29, 0.717) is 11.1 Å². The number of aliphatic hydroxyl groups excluding tert-OH is 1. The van der Waals surface area contributed by atoms with E-state index in [4.69, 9.17) is 11.6 Å². The Labute approximate surface area is 367 Å². The molecule has 21 nitrogen and oxygen atoms in total. The summed E-state index contributed by atoms with van der Waals surface area (Å²) in [4.78, 5) is 128. The largest absolute Gasteiger partial charge is 0.481 e. The van der Waals surface area contributed by atoms with Crippen molar-refractivity contribution in [1.82, 2.24) is 37.2 Å². The highest BCUT2D eigenvalue weighted by Gasteiger charge is 2.36. The SMILES string of the molecule is CC(=O)N[C@@H](Cc1ccccc1)C(=O)N[C@H](C(=O)N[C@@H](CC(C)C)C(=O)N[C@@H](CC(=O)O)C(=O)N[C@@H](C)C(=O)N[C@@H](CC(=O)O)C(=O)N[C@@H](Cc1ccccc1Cl)C(=O)O)[C@H](C)O. The first-order valence-electron chi connectivity index (χ1n) is 19.7. The van der Waals surface area contributed by atoms with Crippen molar-refractivity contribution in [2.45, 2.75) is 115 Å². The molecule has 0 radical (unpaired) electrons. The van der Waals surface area contributed by atoms with Gasteiger partial charge in [-0.1, -0.05) is 74.0 Å². The molecule has 0 aromatic heterocycles. The predicted octanol–water partition coefficient (Wildman–Crippen LogP) is -0.980. The van der Waals surface area contributed by atoms with E-state index in [1.807, 2.05) is 0 Å². The summed E-state index contributed by atoms with van der Waals surface area (Å²) in [6, 6.07) is 3.60. The van der Waals surface area contributed by atoms with Gasteiger partial charge < -0.3 is 57.6 Å². The number of rotatable bonds is 25. The predicted molar refractivity (Wildman–Crippen MR) is 223 cm³/mol. The van der Waals surface area contributed by atoms with Crippen molar-refractivity contribution in [3.8, 4) is 0 Å². The quantitative estimate of drug-likeness (QED) is 0.0571. The van der Waals surface area contributed by atoms with Crippen molar-refractivity contribution in [2.24, 2.45) is 5.92 Å². The maximum atomic E-state index is 13.6. The van der Waals surface area contributed by atoms with E-state index < -0.39 is 120 Å². The number of amides is 7. The Morgan fingerprint density at radius 3 is 1.52 bits per heavy atom. The lowest BCUT2D eigenvalue weighted by molar-refractivity contribution is -0.143. The average Bonchev–Trinajstić information content (AvgIpc) is 3.18. The van der Waals surface area contributed by atoms with Crippen LogP contribution in [0.4, 0.5) is 0 Å². The molecule has 0 saturated heterocycles. The van der Waals surface area contributed by atoms with E-state index >= 15 is 0 Å². The zero-order valence-corrected chi connectivity index (χ0v) is 35.9. The van der Waals surface area contributed by atoms with E-state index in [2.05, 4.69) is 37.2 Å². The molecular formula is C41H54ClN7O14. The lowest BCUT2D eigenvalue weighted by Gasteiger charge is -2.28. The highest BCUT2D eigenvalue weighted by molar-refractivity contribution is 6.31. The van der Waals surface area contributed by atoms with E-state index in [1.54, 1.807) is 56.3 Å². The molecule has 11 N–H and O–H groups in total. The van der Waals surface area contributed by atoms with Crippen LogP contribution in [0.1, 0.15) is 65.0 Å². The minimum absolute atomic E-state index is 0.0306. The number of aliphatic hydroxyl groups is 1. The van der Waals surface area contributed by atoms with Crippen LogP contribution in [-0.2, 0) is 60.8 Å². The summed E-state index contributed by atoms with van der Waals surface area (Å²) in [7, 11) is 0. The number of carboxylic acids is 3. The third-order valence-electron chi connectivity index (χ3n) is 9.15. The number of carboxylic acid groups (broad SMARTS) is 3. The molecule has 344 valence electrons. The van der Waals surface area contributed by atoms with Gasteiger partial charge in [-0.3, -0.25) is 43.2 Å². The molecule has 22 heteroatoms. The van der Waals surface area contributed by atoms with Crippen LogP contribution in [-0.4, -0.2) is 128 Å². The number of aliphatic carboxylic acids is 3. The first-order valence-corrected chi connectivity index (χ1v) is 20.1. The summed E-state index contributed by atoms with van der Waals surface area (Å²) < 4.78 is 0. The molecule has 0 unspecified atom stereocenters. The lowest BCUT2D eigenvalue weighted by Crippen LogP contribution is -2.61. The van der Waals surface area contributed by atoms with Gasteiger partial charge in [-0.2, -0.15) is 0 Å². The van der Waals surface area contributed by atoms with Gasteiger partial charge in [0.2, 0.25) is 41.4 Å². The van der Waals surface area contributed by atoms with Crippen molar-refractivity contribution in [3.63, 3.8) is 0 Å². The summed E-state index contributed by atoms with van der Waals surface area (Å²) in [5.41, 5.74) is 1.03. The Kier molecular flexibility index (Phi) is 21.1. The molecule has 7 amide bonds. The number of carbonyl (C=O) groups excluding carboxylic acids is 7. The number of carbonyl (C=O) groups is 10. The molecule has 0 fully saturated rings. The molecule has 0 spiro atoms. The van der Waals surface area contributed by atoms with E-state index in [9.17, 15) is 68.4 Å². The van der Waals surface area contributed by atoms with Gasteiger partial charge in [0.25, 0.3) is 0 Å². The molecule has 63 heavy (non-hydrogen) atoms. The molecular weight excluding hydrogens is 850 g/mol. The second-order valence-electron chi connectivity index (χ2n) is 15.1. The molecule has 0 heterocycles. The molecule has 2 rings (SSSR count). The maximum Gasteiger partial charge on any atom is 0.326 e. The third kappa shape index (κ3) is 18.5. The van der Waals surface area contributed by atoms with Crippen LogP contribution in [0.3, 0.4) is 0 Å². The fourth-order valence-corrected chi connectivity index (χ4v) is 6.21. The van der Waals surface area contributed by atoms with Gasteiger partial charge in [-0.05, 0) is 43.4 Å². The van der Waals surface area contributed by atoms with Gasteiger partial charge in [0.1, 0.15) is 42.3 Å². The highest BCUT2D eigenvalue weighted by Crippen LogP contribution is 2.17. The van der Waals surface area contributed by atoms with Gasteiger partial charge in [-0.15, -0.1) is 0 Å². The van der Waals surface area contributed by atoms with Gasteiger partial charge in [0.05, 0.1) is 18.9 Å². The Morgan fingerprint density at radius 2 is 1.02 bits per heavy atom. The number of halogens is 1. The van der Waals surface area contributed by atoms with E-state index in [-0.39, 0.29) is 30.2 Å². The van der Waals surface area contributed by atoms with E-state index in [1.165, 1.54) is 26.0 Å². The standard InChI is InChI=1S/C41H54ClN7O14/c1-20(2)15-27(47-40(61)34(22(4)50)49-39(60)28(44-23(5)51)16-24-11-7-6-8-12-24)37(58)46-29(18-32(52)53)36(57)43-21(3)35(56)45-30(19-33(54)55)38(59)48-31(41(62)63)17-25-13-9-10-14-26(25)42/h6-14,20-22,27-31,34,50H,15-19H2,1-5H3,(H,43,57)(H,44,51)(H,45,56)(H,46,58)(H,47,61)(H,48,59)(H,49,60)(H,52,53)(H,54,55)(H,62,63)/t21-,22-,27-,28-,29-,30-,31-,34-/m0/s1.